The average molecular weight is 320 g/mol. The summed E-state index contributed by atoms with van der Waals surface area (Å²) in [6, 6.07) is 0. The first-order chi connectivity index (χ1) is 10.2. The third kappa shape index (κ3) is 4.36. The number of hydrogen-bond acceptors (Lipinski definition) is 4. The van der Waals surface area contributed by atoms with Gasteiger partial charge in [-0.2, -0.15) is 0 Å². The van der Waals surface area contributed by atoms with Crippen molar-refractivity contribution in [2.75, 3.05) is 26.3 Å². The van der Waals surface area contributed by atoms with E-state index >= 15 is 0 Å². The fourth-order valence-corrected chi connectivity index (χ4v) is 3.08. The number of hydrogen-bond donors (Lipinski definition) is 2. The third-order valence-electron chi connectivity index (χ3n) is 4.24. The molecule has 2 fully saturated rings. The van der Waals surface area contributed by atoms with Crippen molar-refractivity contribution in [2.24, 2.45) is 11.7 Å². The molecule has 0 unspecified atom stereocenters. The molecule has 1 aliphatic heterocycles. The van der Waals surface area contributed by atoms with E-state index < -0.39 is 23.3 Å². The lowest BCUT2D eigenvalue weighted by Crippen LogP contribution is -2.50. The van der Waals surface area contributed by atoms with E-state index in [-0.39, 0.29) is 64.3 Å². The number of nitrogens with two attached hydrogens (primary N) is 1. The summed E-state index contributed by atoms with van der Waals surface area (Å²) in [6.07, 6.45) is -0.618. The van der Waals surface area contributed by atoms with E-state index in [1.807, 2.05) is 0 Å². The van der Waals surface area contributed by atoms with Crippen LogP contribution in [0.4, 0.5) is 8.78 Å². The number of carbonyl (C=O) groups excluding carboxylic acids is 2. The third-order valence-corrected chi connectivity index (χ3v) is 4.24. The number of rotatable bonds is 3. The predicted molar refractivity (Wildman–Crippen MR) is 73.1 cm³/mol. The first-order valence-electron chi connectivity index (χ1n) is 7.46. The van der Waals surface area contributed by atoms with Crippen LogP contribution in [0.2, 0.25) is 0 Å². The molecule has 126 valence electrons. The van der Waals surface area contributed by atoms with Gasteiger partial charge in [0.05, 0.1) is 26.2 Å². The maximum atomic E-state index is 13.2. The number of nitrogens with zero attached hydrogens (tertiary/aromatic N) is 1. The molecule has 0 radical (unpaired) electrons. The highest BCUT2D eigenvalue weighted by atomic mass is 19.3. The minimum atomic E-state index is -2.69. The Labute approximate surface area is 127 Å². The average Bonchev–Trinajstić information content (AvgIpc) is 2.59. The van der Waals surface area contributed by atoms with Crippen molar-refractivity contribution >= 4 is 11.8 Å². The number of alkyl halides is 2. The molecule has 1 saturated heterocycles. The maximum Gasteiger partial charge on any atom is 0.248 e. The van der Waals surface area contributed by atoms with Gasteiger partial charge in [-0.1, -0.05) is 0 Å². The smallest absolute Gasteiger partial charge is 0.248 e. The first-order valence-corrected chi connectivity index (χ1v) is 7.46. The van der Waals surface area contributed by atoms with Gasteiger partial charge in [0.25, 0.3) is 0 Å². The number of carbonyl (C=O) groups is 2. The molecule has 0 spiro atoms. The number of amides is 2. The lowest BCUT2D eigenvalue weighted by Gasteiger charge is -2.34. The van der Waals surface area contributed by atoms with Crippen LogP contribution in [0.5, 0.6) is 0 Å². The Hall–Kier alpha value is -1.28. The molecular formula is C14H22F2N2O4. The molecule has 1 saturated carbocycles. The van der Waals surface area contributed by atoms with Crippen molar-refractivity contribution in [3.8, 4) is 0 Å². The Bertz CT molecular complexity index is 437. The van der Waals surface area contributed by atoms with Crippen molar-refractivity contribution in [3.63, 3.8) is 0 Å². The van der Waals surface area contributed by atoms with Crippen LogP contribution in [0, 0.1) is 5.92 Å². The van der Waals surface area contributed by atoms with E-state index in [4.69, 9.17) is 10.5 Å². The van der Waals surface area contributed by atoms with Crippen LogP contribution >= 0.6 is 0 Å². The summed E-state index contributed by atoms with van der Waals surface area (Å²) in [5, 5.41) is 10.4. The Morgan fingerprint density at radius 3 is 2.55 bits per heavy atom. The summed E-state index contributed by atoms with van der Waals surface area (Å²) >= 11 is 0. The summed E-state index contributed by atoms with van der Waals surface area (Å²) in [7, 11) is 0. The zero-order valence-corrected chi connectivity index (χ0v) is 12.4. The van der Waals surface area contributed by atoms with Gasteiger partial charge in [-0.05, 0) is 12.8 Å². The molecule has 0 bridgehead atoms. The summed E-state index contributed by atoms with van der Waals surface area (Å²) in [5.41, 5.74) is 3.60. The van der Waals surface area contributed by atoms with Crippen molar-refractivity contribution in [1.29, 1.82) is 0 Å². The van der Waals surface area contributed by atoms with E-state index in [9.17, 15) is 23.5 Å². The van der Waals surface area contributed by atoms with E-state index in [1.54, 1.807) is 0 Å². The zero-order chi connectivity index (χ0) is 16.4. The van der Waals surface area contributed by atoms with Gasteiger partial charge in [-0.15, -0.1) is 0 Å². The number of halogens is 2. The van der Waals surface area contributed by atoms with Crippen LogP contribution in [0.15, 0.2) is 0 Å². The van der Waals surface area contributed by atoms with E-state index in [1.165, 1.54) is 4.90 Å². The molecular weight excluding hydrogens is 298 g/mol. The van der Waals surface area contributed by atoms with Gasteiger partial charge in [0, 0.05) is 25.3 Å². The molecule has 1 atom stereocenters. The molecule has 2 amide bonds. The van der Waals surface area contributed by atoms with E-state index in [0.717, 1.165) is 0 Å². The molecule has 0 aromatic heterocycles. The number of ether oxygens (including phenoxy) is 1. The van der Waals surface area contributed by atoms with Crippen LogP contribution in [-0.2, 0) is 14.3 Å². The topological polar surface area (TPSA) is 92.9 Å². The van der Waals surface area contributed by atoms with Gasteiger partial charge in [-0.3, -0.25) is 9.59 Å². The highest BCUT2D eigenvalue weighted by molar-refractivity contribution is 5.79. The zero-order valence-electron chi connectivity index (χ0n) is 12.4. The van der Waals surface area contributed by atoms with Gasteiger partial charge in [0.2, 0.25) is 17.7 Å². The van der Waals surface area contributed by atoms with Crippen molar-refractivity contribution in [2.45, 2.75) is 43.6 Å². The molecule has 1 aliphatic carbocycles. The van der Waals surface area contributed by atoms with Gasteiger partial charge < -0.3 is 20.5 Å². The molecule has 2 aliphatic rings. The Balaban J connectivity index is 2.00. The normalized spacial score (nSPS) is 29.9. The molecule has 0 aromatic carbocycles. The highest BCUT2D eigenvalue weighted by Gasteiger charge is 2.41. The molecule has 22 heavy (non-hydrogen) atoms. The monoisotopic (exact) mass is 320 g/mol. The molecule has 3 N–H and O–H groups in total. The maximum absolute atomic E-state index is 13.2. The minimum Gasteiger partial charge on any atom is -0.385 e. The standard InChI is InChI=1S/C14H22F2N2O4/c15-14(16)3-1-10(2-4-14)12(20)18-5-6-22-9-13(21,8-18)7-11(17)19/h10,21H,1-9H2,(H2,17,19)/t13-/m1/s1. The van der Waals surface area contributed by atoms with Crippen LogP contribution in [0.3, 0.4) is 0 Å². The van der Waals surface area contributed by atoms with Crippen LogP contribution in [0.25, 0.3) is 0 Å². The van der Waals surface area contributed by atoms with Crippen LogP contribution in [0.1, 0.15) is 32.1 Å². The quantitative estimate of drug-likeness (QED) is 0.781. The van der Waals surface area contributed by atoms with Crippen LogP contribution in [-0.4, -0.2) is 59.6 Å². The van der Waals surface area contributed by atoms with Gasteiger partial charge in [-0.25, -0.2) is 8.78 Å². The number of β-amino-alcohol motifs (C(OH)–C–C–N with tert-alkyl or cyclic N) is 1. The van der Waals surface area contributed by atoms with Gasteiger partial charge >= 0.3 is 0 Å². The first kappa shape index (κ1) is 17.1. The summed E-state index contributed by atoms with van der Waals surface area (Å²) in [5.74, 6) is -4.09. The van der Waals surface area contributed by atoms with Crippen molar-refractivity contribution in [3.05, 3.63) is 0 Å². The molecule has 6 nitrogen and oxygen atoms in total. The second-order valence-corrected chi connectivity index (χ2v) is 6.31. The second-order valence-electron chi connectivity index (χ2n) is 6.31. The lowest BCUT2D eigenvalue weighted by molar-refractivity contribution is -0.144. The Morgan fingerprint density at radius 1 is 1.32 bits per heavy atom. The summed E-state index contributed by atoms with van der Waals surface area (Å²) in [4.78, 5) is 25.0. The SMILES string of the molecule is NC(=O)C[C@]1(O)COCCN(C(=O)C2CCC(F)(F)CC2)C1. The number of primary amides is 1. The Morgan fingerprint density at radius 2 is 1.95 bits per heavy atom. The predicted octanol–water partition coefficient (Wildman–Crippen LogP) is 0.277. The van der Waals surface area contributed by atoms with Crippen molar-refractivity contribution in [1.82, 2.24) is 4.90 Å². The lowest BCUT2D eigenvalue weighted by atomic mass is 9.85. The molecule has 2 rings (SSSR count). The Kier molecular flexibility index (Phi) is 5.01. The molecule has 8 heteroatoms. The van der Waals surface area contributed by atoms with E-state index in [0.29, 0.717) is 0 Å². The van der Waals surface area contributed by atoms with Gasteiger partial charge in [0.15, 0.2) is 0 Å². The fraction of sp³-hybridized carbons (Fsp3) is 0.857. The van der Waals surface area contributed by atoms with E-state index in [2.05, 4.69) is 0 Å². The molecule has 1 heterocycles. The fourth-order valence-electron chi connectivity index (χ4n) is 3.08. The summed E-state index contributed by atoms with van der Waals surface area (Å²) in [6.45, 7) is 0.354. The highest BCUT2D eigenvalue weighted by Crippen LogP contribution is 2.37. The minimum absolute atomic E-state index is 0.0678. The largest absolute Gasteiger partial charge is 0.385 e. The molecule has 0 aromatic rings. The van der Waals surface area contributed by atoms with Gasteiger partial charge in [0.1, 0.15) is 5.60 Å². The second kappa shape index (κ2) is 6.45. The summed E-state index contributed by atoms with van der Waals surface area (Å²) < 4.78 is 31.6. The van der Waals surface area contributed by atoms with Crippen molar-refractivity contribution < 1.29 is 28.2 Å². The van der Waals surface area contributed by atoms with Crippen LogP contribution < -0.4 is 5.73 Å². The number of aliphatic hydroxyl groups is 1.